The van der Waals surface area contributed by atoms with E-state index in [2.05, 4.69) is 6.58 Å². The van der Waals surface area contributed by atoms with Crippen LogP contribution in [0.3, 0.4) is 0 Å². The van der Waals surface area contributed by atoms with E-state index in [0.29, 0.717) is 52.6 Å². The van der Waals surface area contributed by atoms with E-state index >= 15 is 0 Å². The van der Waals surface area contributed by atoms with Gasteiger partial charge in [-0.05, 0) is 0 Å². The molecule has 0 aromatic carbocycles. The molecule has 3 rings (SSSR count). The van der Waals surface area contributed by atoms with E-state index in [0.717, 1.165) is 5.57 Å². The second-order valence-electron chi connectivity index (χ2n) is 5.41. The summed E-state index contributed by atoms with van der Waals surface area (Å²) >= 11 is 0. The van der Waals surface area contributed by atoms with Crippen molar-refractivity contribution < 1.29 is 19.1 Å². The molecule has 0 N–H and O–H groups in total. The first-order valence-corrected chi connectivity index (χ1v) is 7.12. The minimum atomic E-state index is -0.316. The zero-order chi connectivity index (χ0) is 14.1. The molecular formula is C14H20N2O4. The highest BCUT2D eigenvalue weighted by Gasteiger charge is 2.55. The van der Waals surface area contributed by atoms with Gasteiger partial charge in [0.15, 0.2) is 0 Å². The number of hydrogen-bond acceptors (Lipinski definition) is 4. The van der Waals surface area contributed by atoms with Gasteiger partial charge in [0.25, 0.3) is 0 Å². The Hall–Kier alpha value is -1.40. The largest absolute Gasteiger partial charge is 0.378 e. The number of carbonyl (C=O) groups is 2. The summed E-state index contributed by atoms with van der Waals surface area (Å²) in [7, 11) is 0. The first-order valence-electron chi connectivity index (χ1n) is 7.12. The van der Waals surface area contributed by atoms with Gasteiger partial charge in [0, 0.05) is 26.2 Å². The smallest absolute Gasteiger partial charge is 0.231 e. The fourth-order valence-electron chi connectivity index (χ4n) is 2.88. The average Bonchev–Trinajstić information content (AvgIpc) is 3.18. The normalized spacial score (nSPS) is 30.3. The van der Waals surface area contributed by atoms with E-state index in [1.807, 2.05) is 0 Å². The Balaban J connectivity index is 1.60. The van der Waals surface area contributed by atoms with Gasteiger partial charge in [-0.2, -0.15) is 0 Å². The molecule has 3 aliphatic rings. The van der Waals surface area contributed by atoms with Gasteiger partial charge in [0.1, 0.15) is 0 Å². The second-order valence-corrected chi connectivity index (χ2v) is 5.41. The van der Waals surface area contributed by atoms with Crippen LogP contribution in [0.15, 0.2) is 12.2 Å². The first kappa shape index (κ1) is 13.6. The SMILES string of the molecule is C=C1C(C(=O)N2CCOCC2)[C@@H]1C(=O)N1CCOCC1. The van der Waals surface area contributed by atoms with Gasteiger partial charge in [-0.3, -0.25) is 9.59 Å². The van der Waals surface area contributed by atoms with Crippen LogP contribution in [0.25, 0.3) is 0 Å². The molecule has 1 aliphatic carbocycles. The average molecular weight is 280 g/mol. The third kappa shape index (κ3) is 2.45. The Bertz CT molecular complexity index is 387. The molecule has 110 valence electrons. The van der Waals surface area contributed by atoms with E-state index in [-0.39, 0.29) is 23.7 Å². The monoisotopic (exact) mass is 280 g/mol. The molecule has 0 spiro atoms. The Kier molecular flexibility index (Phi) is 3.76. The number of morpholine rings is 2. The minimum Gasteiger partial charge on any atom is -0.378 e. The lowest BCUT2D eigenvalue weighted by atomic mass is 10.2. The molecule has 20 heavy (non-hydrogen) atoms. The van der Waals surface area contributed by atoms with Gasteiger partial charge in [-0.25, -0.2) is 0 Å². The fraction of sp³-hybridized carbons (Fsp3) is 0.714. The highest BCUT2D eigenvalue weighted by Crippen LogP contribution is 2.46. The Morgan fingerprint density at radius 3 is 1.55 bits per heavy atom. The van der Waals surface area contributed by atoms with Gasteiger partial charge in [0.2, 0.25) is 11.8 Å². The molecular weight excluding hydrogens is 260 g/mol. The standard InChI is InChI=1S/C14H20N2O4/c1-10-11(13(17)15-2-6-19-7-3-15)12(10)14(18)16-4-8-20-9-5-16/h11-12H,1-9H2/t11-,12?/m1/s1. The molecule has 2 atom stereocenters. The minimum absolute atomic E-state index is 0.0323. The molecule has 0 radical (unpaired) electrons. The van der Waals surface area contributed by atoms with Crippen molar-refractivity contribution in [2.75, 3.05) is 52.6 Å². The lowest BCUT2D eigenvalue weighted by Gasteiger charge is -2.28. The highest BCUT2D eigenvalue weighted by atomic mass is 16.5. The summed E-state index contributed by atoms with van der Waals surface area (Å²) in [5.74, 6) is -0.568. The van der Waals surface area contributed by atoms with E-state index in [9.17, 15) is 9.59 Å². The third-order valence-electron chi connectivity index (χ3n) is 4.20. The number of amides is 2. The van der Waals surface area contributed by atoms with Crippen molar-refractivity contribution in [2.45, 2.75) is 0 Å². The van der Waals surface area contributed by atoms with E-state index in [4.69, 9.17) is 9.47 Å². The van der Waals surface area contributed by atoms with Crippen molar-refractivity contribution in [3.05, 3.63) is 12.2 Å². The second kappa shape index (κ2) is 5.54. The van der Waals surface area contributed by atoms with Crippen LogP contribution in [0.4, 0.5) is 0 Å². The zero-order valence-electron chi connectivity index (χ0n) is 11.5. The molecule has 0 aromatic rings. The van der Waals surface area contributed by atoms with Gasteiger partial charge in [0.05, 0.1) is 38.3 Å². The van der Waals surface area contributed by atoms with Crippen molar-refractivity contribution in [1.82, 2.24) is 9.80 Å². The van der Waals surface area contributed by atoms with Gasteiger partial charge < -0.3 is 19.3 Å². The number of rotatable bonds is 2. The Morgan fingerprint density at radius 1 is 0.850 bits per heavy atom. The molecule has 1 saturated carbocycles. The molecule has 1 unspecified atom stereocenters. The number of hydrogen-bond donors (Lipinski definition) is 0. The Morgan fingerprint density at radius 2 is 1.20 bits per heavy atom. The van der Waals surface area contributed by atoms with Crippen LogP contribution in [-0.2, 0) is 19.1 Å². The quantitative estimate of drug-likeness (QED) is 0.640. The summed E-state index contributed by atoms with van der Waals surface area (Å²) < 4.78 is 10.5. The molecule has 0 bridgehead atoms. The zero-order valence-corrected chi connectivity index (χ0v) is 11.5. The van der Waals surface area contributed by atoms with Crippen LogP contribution in [0, 0.1) is 11.8 Å². The summed E-state index contributed by atoms with van der Waals surface area (Å²) in [6.07, 6.45) is 0. The maximum absolute atomic E-state index is 12.4. The van der Waals surface area contributed by atoms with Gasteiger partial charge in [-0.1, -0.05) is 12.2 Å². The fourth-order valence-corrected chi connectivity index (χ4v) is 2.88. The van der Waals surface area contributed by atoms with E-state index in [1.54, 1.807) is 9.80 Å². The number of ether oxygens (including phenoxy) is 2. The van der Waals surface area contributed by atoms with Crippen LogP contribution in [0.5, 0.6) is 0 Å². The summed E-state index contributed by atoms with van der Waals surface area (Å²) in [5, 5.41) is 0. The van der Waals surface area contributed by atoms with Crippen molar-refractivity contribution >= 4 is 11.8 Å². The molecule has 0 aromatic heterocycles. The van der Waals surface area contributed by atoms with Crippen LogP contribution in [0.2, 0.25) is 0 Å². The molecule has 6 nitrogen and oxygen atoms in total. The first-order chi connectivity index (χ1) is 9.70. The molecule has 2 amide bonds. The van der Waals surface area contributed by atoms with E-state index < -0.39 is 0 Å². The maximum Gasteiger partial charge on any atom is 0.231 e. The van der Waals surface area contributed by atoms with Crippen molar-refractivity contribution in [2.24, 2.45) is 11.8 Å². The number of nitrogens with zero attached hydrogens (tertiary/aromatic N) is 2. The predicted octanol–water partition coefficient (Wildman–Crippen LogP) is -0.494. The highest BCUT2D eigenvalue weighted by molar-refractivity contribution is 5.99. The van der Waals surface area contributed by atoms with Gasteiger partial charge in [-0.15, -0.1) is 0 Å². The molecule has 2 aliphatic heterocycles. The van der Waals surface area contributed by atoms with Crippen LogP contribution >= 0.6 is 0 Å². The molecule has 2 heterocycles. The molecule has 3 fully saturated rings. The van der Waals surface area contributed by atoms with Crippen molar-refractivity contribution in [3.8, 4) is 0 Å². The van der Waals surface area contributed by atoms with Gasteiger partial charge >= 0.3 is 0 Å². The van der Waals surface area contributed by atoms with E-state index in [1.165, 1.54) is 0 Å². The van der Waals surface area contributed by atoms with Crippen molar-refractivity contribution in [1.29, 1.82) is 0 Å². The lowest BCUT2D eigenvalue weighted by Crippen LogP contribution is -2.44. The topological polar surface area (TPSA) is 59.1 Å². The lowest BCUT2D eigenvalue weighted by molar-refractivity contribution is -0.142. The summed E-state index contributed by atoms with van der Waals surface area (Å²) in [6.45, 7) is 8.66. The maximum atomic E-state index is 12.4. The predicted molar refractivity (Wildman–Crippen MR) is 70.9 cm³/mol. The molecule has 2 saturated heterocycles. The van der Waals surface area contributed by atoms with Crippen LogP contribution in [0.1, 0.15) is 0 Å². The summed E-state index contributed by atoms with van der Waals surface area (Å²) in [4.78, 5) is 28.3. The molecule has 6 heteroatoms. The van der Waals surface area contributed by atoms with Crippen LogP contribution < -0.4 is 0 Å². The third-order valence-corrected chi connectivity index (χ3v) is 4.20. The van der Waals surface area contributed by atoms with Crippen LogP contribution in [-0.4, -0.2) is 74.2 Å². The summed E-state index contributed by atoms with van der Waals surface area (Å²) in [5.41, 5.74) is 0.762. The summed E-state index contributed by atoms with van der Waals surface area (Å²) in [6, 6.07) is 0. The number of carbonyl (C=O) groups excluding carboxylic acids is 2. The Labute approximate surface area is 118 Å². The van der Waals surface area contributed by atoms with Crippen molar-refractivity contribution in [3.63, 3.8) is 0 Å².